The van der Waals surface area contributed by atoms with E-state index in [0.29, 0.717) is 12.0 Å². The van der Waals surface area contributed by atoms with E-state index in [1.807, 2.05) is 0 Å². The van der Waals surface area contributed by atoms with Gasteiger partial charge in [-0.1, -0.05) is 12.1 Å². The molecule has 2 aromatic carbocycles. The monoisotopic (exact) mass is 1010 g/mol. The number of hydroxylamine groups is 2. The van der Waals surface area contributed by atoms with E-state index in [0.717, 1.165) is 9.64 Å². The number of hydrogen-bond donors (Lipinski definition) is 9. The first-order valence-electron chi connectivity index (χ1n) is 19.6. The Morgan fingerprint density at radius 2 is 1.03 bits per heavy atom. The molecule has 1 aliphatic heterocycles. The first kappa shape index (κ1) is 51.4. The third-order valence-electron chi connectivity index (χ3n) is 9.28. The van der Waals surface area contributed by atoms with Crippen LogP contribution in [0.3, 0.4) is 0 Å². The lowest BCUT2D eigenvalue weighted by molar-refractivity contribution is -0.172. The van der Waals surface area contributed by atoms with Crippen molar-refractivity contribution < 1.29 is 82.8 Å². The van der Waals surface area contributed by atoms with Crippen LogP contribution in [0.5, 0.6) is 0 Å². The Bertz CT molecular complexity index is 2130. The maximum absolute atomic E-state index is 13.6. The molecule has 2 aromatic rings. The van der Waals surface area contributed by atoms with Crippen molar-refractivity contribution in [2.45, 2.75) is 94.8 Å². The van der Waals surface area contributed by atoms with Crippen LogP contribution in [0.2, 0.25) is 0 Å². The van der Waals surface area contributed by atoms with Gasteiger partial charge in [-0.3, -0.25) is 47.9 Å². The number of hydrogen-bond acceptors (Lipinski definition) is 13. The molecule has 1 fully saturated rings. The predicted molar refractivity (Wildman–Crippen MR) is 224 cm³/mol. The Hall–Kier alpha value is -6.99. The molecule has 1 saturated heterocycles. The Kier molecular flexibility index (Phi) is 20.2. The van der Waals surface area contributed by atoms with E-state index in [4.69, 9.17) is 4.84 Å². The normalized spacial score (nSPS) is 13.9. The highest BCUT2D eigenvalue weighted by Gasteiger charge is 2.34. The van der Waals surface area contributed by atoms with Crippen molar-refractivity contribution in [3.8, 4) is 0 Å². The highest BCUT2D eigenvalue weighted by Crippen LogP contribution is 2.16. The minimum atomic E-state index is -1.80. The second kappa shape index (κ2) is 25.2. The fraction of sp³-hybridized carbons (Fsp3) is 0.400. The third-order valence-corrected chi connectivity index (χ3v) is 9.95. The van der Waals surface area contributed by atoms with Gasteiger partial charge in [-0.2, -0.15) is 0 Å². The molecule has 3 rings (SSSR count). The summed E-state index contributed by atoms with van der Waals surface area (Å²) in [6, 6.07) is 4.61. The number of nitrogens with zero attached hydrogens (tertiary/aromatic N) is 1. The molecule has 7 amide bonds. The molecule has 0 bridgehead atoms. The fourth-order valence-electron chi connectivity index (χ4n) is 5.91. The van der Waals surface area contributed by atoms with Crippen LogP contribution < -0.4 is 26.6 Å². The van der Waals surface area contributed by atoms with E-state index >= 15 is 0 Å². The lowest BCUT2D eigenvalue weighted by Gasteiger charge is -2.26. The topological polar surface area (TPSA) is 358 Å². The number of rotatable bonds is 26. The number of unbranched alkanes of at least 4 members (excludes halogenated alkanes) is 1. The zero-order valence-electron chi connectivity index (χ0n) is 33.8. The Balaban J connectivity index is 1.72. The summed E-state index contributed by atoms with van der Waals surface area (Å²) in [5.41, 5.74) is -0.155. The maximum atomic E-state index is 13.6. The zero-order valence-corrected chi connectivity index (χ0v) is 36.0. The lowest BCUT2D eigenvalue weighted by atomic mass is 10.0. The van der Waals surface area contributed by atoms with E-state index in [1.165, 1.54) is 18.2 Å². The SMILES string of the molecule is O=C(O)CC[C@@H](NC(=O)c1cccc(C(=O)ON2C(=O)CCC2=O)c1)C(=O)N[C@H](CCC(=O)O)C(=O)N[C@H](CCC(=O)O)C(=O)NC(CCCCNC(=O)c1cccc(I)c1)C(=O)O. The summed E-state index contributed by atoms with van der Waals surface area (Å²) in [7, 11) is 0. The molecule has 1 heterocycles. The van der Waals surface area contributed by atoms with Gasteiger partial charge in [-0.15, -0.1) is 5.06 Å². The first-order chi connectivity index (χ1) is 30.2. The van der Waals surface area contributed by atoms with Gasteiger partial charge in [-0.25, -0.2) is 9.59 Å². The second-order valence-corrected chi connectivity index (χ2v) is 15.4. The maximum Gasteiger partial charge on any atom is 0.363 e. The van der Waals surface area contributed by atoms with Gasteiger partial charge in [-0.05, 0) is 97.5 Å². The minimum Gasteiger partial charge on any atom is -0.481 e. The molecule has 0 aromatic heterocycles. The smallest absolute Gasteiger partial charge is 0.363 e. The van der Waals surface area contributed by atoms with Crippen LogP contribution in [0.4, 0.5) is 0 Å². The van der Waals surface area contributed by atoms with Gasteiger partial charge < -0.3 is 51.8 Å². The average Bonchev–Trinajstić information content (AvgIpc) is 3.56. The van der Waals surface area contributed by atoms with Crippen LogP contribution in [0.25, 0.3) is 0 Å². The molecule has 24 heteroatoms. The van der Waals surface area contributed by atoms with Crippen molar-refractivity contribution in [3.63, 3.8) is 0 Å². The molecular formula is C40H45IN6O17. The number of carboxylic acids is 4. The molecule has 64 heavy (non-hydrogen) atoms. The van der Waals surface area contributed by atoms with Crippen molar-refractivity contribution in [3.05, 3.63) is 68.8 Å². The molecule has 344 valence electrons. The molecule has 9 N–H and O–H groups in total. The molecule has 0 spiro atoms. The third kappa shape index (κ3) is 17.1. The van der Waals surface area contributed by atoms with Crippen molar-refractivity contribution in [2.75, 3.05) is 6.54 Å². The summed E-state index contributed by atoms with van der Waals surface area (Å²) >= 11 is 2.05. The molecule has 1 aliphatic rings. The van der Waals surface area contributed by atoms with Gasteiger partial charge in [0.2, 0.25) is 17.7 Å². The molecule has 23 nitrogen and oxygen atoms in total. The van der Waals surface area contributed by atoms with Crippen LogP contribution in [0.15, 0.2) is 48.5 Å². The number of carboxylic acid groups (broad SMARTS) is 4. The van der Waals surface area contributed by atoms with E-state index < -0.39 is 128 Å². The van der Waals surface area contributed by atoms with Gasteiger partial charge in [0.05, 0.1) is 5.56 Å². The quantitative estimate of drug-likeness (QED) is 0.0349. The van der Waals surface area contributed by atoms with Crippen LogP contribution >= 0.6 is 22.6 Å². The van der Waals surface area contributed by atoms with E-state index in [1.54, 1.807) is 24.3 Å². The van der Waals surface area contributed by atoms with E-state index in [2.05, 4.69) is 49.2 Å². The van der Waals surface area contributed by atoms with Crippen LogP contribution in [0, 0.1) is 3.57 Å². The summed E-state index contributed by atoms with van der Waals surface area (Å²) in [5, 5.41) is 49.8. The summed E-state index contributed by atoms with van der Waals surface area (Å²) in [6.45, 7) is 0.170. The highest BCUT2D eigenvalue weighted by atomic mass is 127. The number of imide groups is 1. The minimum absolute atomic E-state index is 0.143. The van der Waals surface area contributed by atoms with Crippen LogP contribution in [-0.2, 0) is 48.0 Å². The van der Waals surface area contributed by atoms with Crippen LogP contribution in [-0.4, -0.2) is 127 Å². The van der Waals surface area contributed by atoms with Crippen molar-refractivity contribution >= 4 is 93.8 Å². The van der Waals surface area contributed by atoms with Gasteiger partial charge in [0.1, 0.15) is 24.2 Å². The predicted octanol–water partition coefficient (Wildman–Crippen LogP) is 0.344. The molecule has 1 unspecified atom stereocenters. The van der Waals surface area contributed by atoms with Crippen molar-refractivity contribution in [2.24, 2.45) is 0 Å². The van der Waals surface area contributed by atoms with E-state index in [-0.39, 0.29) is 54.3 Å². The summed E-state index contributed by atoms with van der Waals surface area (Å²) in [4.78, 5) is 154. The second-order valence-electron chi connectivity index (χ2n) is 14.1. The number of halogens is 1. The standard InChI is InChI=1S/C40H45IN6O17/c41-24-8-4-6-22(20-24)34(56)42-18-2-1-9-28(39(61)62)46-38(60)27(12-17-33(54)55)45-37(59)26(11-16-32(52)53)44-36(58)25(10-15-31(50)51)43-35(57)21-5-3-7-23(19-21)40(63)64-47-29(48)13-14-30(47)49/h3-8,19-20,25-28H,1-2,9-18H2,(H,42,56)(H,43,57)(H,44,58)(H,45,59)(H,46,60)(H,50,51)(H,52,53)(H,54,55)(H,61,62)/t25-,26-,27-,28?/m1/s1. The Morgan fingerprint density at radius 1 is 0.578 bits per heavy atom. The average molecular weight is 1010 g/mol. The lowest BCUT2D eigenvalue weighted by Crippen LogP contribution is -2.58. The number of aliphatic carboxylic acids is 4. The van der Waals surface area contributed by atoms with Crippen molar-refractivity contribution in [1.29, 1.82) is 0 Å². The first-order valence-corrected chi connectivity index (χ1v) is 20.7. The summed E-state index contributed by atoms with van der Waals surface area (Å²) < 4.78 is 0.843. The van der Waals surface area contributed by atoms with Crippen molar-refractivity contribution in [1.82, 2.24) is 31.6 Å². The molecule has 4 atom stereocenters. The molecular weight excluding hydrogens is 963 g/mol. The van der Waals surface area contributed by atoms with Crippen LogP contribution in [0.1, 0.15) is 102 Å². The molecule has 0 radical (unpaired) electrons. The summed E-state index contributed by atoms with van der Waals surface area (Å²) in [6.07, 6.45) is -3.97. The number of benzene rings is 2. The number of amides is 7. The van der Waals surface area contributed by atoms with Gasteiger partial charge in [0.25, 0.3) is 23.6 Å². The Morgan fingerprint density at radius 3 is 1.52 bits per heavy atom. The number of carbonyl (C=O) groups is 12. The Labute approximate surface area is 377 Å². The highest BCUT2D eigenvalue weighted by molar-refractivity contribution is 14.1. The number of nitrogens with one attached hydrogen (secondary N) is 5. The van der Waals surface area contributed by atoms with E-state index in [9.17, 15) is 78.0 Å². The van der Waals surface area contributed by atoms with Gasteiger partial charge >= 0.3 is 29.8 Å². The van der Waals surface area contributed by atoms with Gasteiger partial charge in [0.15, 0.2) is 0 Å². The molecule has 0 aliphatic carbocycles. The summed E-state index contributed by atoms with van der Waals surface area (Å²) in [5.74, 6) is -13.4. The molecule has 0 saturated carbocycles. The number of carbonyl (C=O) groups excluding carboxylic acids is 8. The largest absolute Gasteiger partial charge is 0.481 e. The van der Waals surface area contributed by atoms with Gasteiger partial charge in [0, 0.05) is 53.3 Å². The zero-order chi connectivity index (χ0) is 47.5. The fourth-order valence-corrected chi connectivity index (χ4v) is 6.46.